The summed E-state index contributed by atoms with van der Waals surface area (Å²) in [7, 11) is 0. The molecule has 0 N–H and O–H groups in total. The van der Waals surface area contributed by atoms with E-state index in [2.05, 4.69) is 19.7 Å². The van der Waals surface area contributed by atoms with Crippen molar-refractivity contribution in [2.45, 2.75) is 51.7 Å². The maximum absolute atomic E-state index is 12.2. The van der Waals surface area contributed by atoms with Gasteiger partial charge in [-0.1, -0.05) is 39.2 Å². The number of hydrogen-bond donors (Lipinski definition) is 0. The lowest BCUT2D eigenvalue weighted by Gasteiger charge is -2.26. The van der Waals surface area contributed by atoms with Crippen LogP contribution in [-0.2, 0) is 19.1 Å². The van der Waals surface area contributed by atoms with Gasteiger partial charge in [0, 0.05) is 17.4 Å². The highest BCUT2D eigenvalue weighted by Crippen LogP contribution is 2.52. The van der Waals surface area contributed by atoms with Gasteiger partial charge in [-0.3, -0.25) is 4.79 Å². The van der Waals surface area contributed by atoms with Crippen LogP contribution in [0, 0.1) is 23.7 Å². The van der Waals surface area contributed by atoms with Crippen molar-refractivity contribution in [1.29, 1.82) is 0 Å². The van der Waals surface area contributed by atoms with Crippen LogP contribution in [0.5, 0.6) is 0 Å². The molecule has 0 unspecified atom stereocenters. The van der Waals surface area contributed by atoms with Crippen LogP contribution in [0.2, 0.25) is 0 Å². The predicted octanol–water partition coefficient (Wildman–Crippen LogP) is 3.58. The maximum Gasteiger partial charge on any atom is 0.334 e. The lowest BCUT2D eigenvalue weighted by atomic mass is 9.82. The standard InChI is InChI=1S/C20H26O4/c1-6-10(2)19(21)23-16-9-15-11(3)7-8-14-12(4)20(22)24-18(14)17(15)13(16)5/h10,14-18H,3-9H2,1-2H3/t10-,14-,15-,16-,17-,18-/m0/s1. The van der Waals surface area contributed by atoms with Crippen molar-refractivity contribution in [3.8, 4) is 0 Å². The molecule has 0 aromatic rings. The minimum absolute atomic E-state index is 0.0185. The lowest BCUT2D eigenvalue weighted by Crippen LogP contribution is -2.30. The van der Waals surface area contributed by atoms with Crippen molar-refractivity contribution in [3.05, 3.63) is 36.5 Å². The highest BCUT2D eigenvalue weighted by molar-refractivity contribution is 5.91. The summed E-state index contributed by atoms with van der Waals surface area (Å²) in [4.78, 5) is 24.1. The zero-order valence-corrected chi connectivity index (χ0v) is 14.5. The molecule has 0 amide bonds. The SMILES string of the molecule is C=C1[C@@H]2[C@H]3OC(=O)C(=C)[C@@H]3CCC(=C)[C@@H]2C[C@@H]1OC(=O)[C@@H](C)CC. The van der Waals surface area contributed by atoms with Crippen LogP contribution in [0.25, 0.3) is 0 Å². The molecule has 4 heteroatoms. The van der Waals surface area contributed by atoms with Crippen LogP contribution in [-0.4, -0.2) is 24.1 Å². The van der Waals surface area contributed by atoms with Crippen molar-refractivity contribution >= 4 is 11.9 Å². The Morgan fingerprint density at radius 3 is 2.71 bits per heavy atom. The summed E-state index contributed by atoms with van der Waals surface area (Å²) in [6.45, 7) is 16.2. The molecule has 0 bridgehead atoms. The quantitative estimate of drug-likeness (QED) is 0.451. The Morgan fingerprint density at radius 1 is 1.33 bits per heavy atom. The van der Waals surface area contributed by atoms with Gasteiger partial charge in [-0.05, 0) is 37.2 Å². The molecule has 3 aliphatic rings. The van der Waals surface area contributed by atoms with E-state index in [0.29, 0.717) is 12.0 Å². The molecule has 2 saturated carbocycles. The van der Waals surface area contributed by atoms with E-state index < -0.39 is 0 Å². The second-order valence-corrected chi connectivity index (χ2v) is 7.38. The fourth-order valence-corrected chi connectivity index (χ4v) is 4.23. The minimum Gasteiger partial charge on any atom is -0.458 e. The molecule has 1 saturated heterocycles. The van der Waals surface area contributed by atoms with Crippen molar-refractivity contribution in [1.82, 2.24) is 0 Å². The van der Waals surface area contributed by atoms with E-state index in [1.54, 1.807) is 0 Å². The van der Waals surface area contributed by atoms with Crippen molar-refractivity contribution in [2.75, 3.05) is 0 Å². The Bertz CT molecular complexity index is 617. The Labute approximate surface area is 143 Å². The predicted molar refractivity (Wildman–Crippen MR) is 91.0 cm³/mol. The molecular formula is C20H26O4. The molecule has 4 nitrogen and oxygen atoms in total. The molecule has 2 aliphatic carbocycles. The highest BCUT2D eigenvalue weighted by atomic mass is 16.6. The van der Waals surface area contributed by atoms with Gasteiger partial charge in [0.05, 0.1) is 5.92 Å². The normalized spacial score (nSPS) is 36.7. The summed E-state index contributed by atoms with van der Waals surface area (Å²) < 4.78 is 11.3. The molecule has 0 aromatic carbocycles. The molecule has 0 aromatic heterocycles. The number of fused-ring (bicyclic) bond motifs is 3. The van der Waals surface area contributed by atoms with Gasteiger partial charge in [-0.2, -0.15) is 0 Å². The van der Waals surface area contributed by atoms with Crippen LogP contribution in [0.1, 0.15) is 39.5 Å². The van der Waals surface area contributed by atoms with E-state index in [1.807, 2.05) is 13.8 Å². The van der Waals surface area contributed by atoms with Gasteiger partial charge in [0.1, 0.15) is 12.2 Å². The first-order valence-corrected chi connectivity index (χ1v) is 8.81. The van der Waals surface area contributed by atoms with Crippen LogP contribution >= 0.6 is 0 Å². The van der Waals surface area contributed by atoms with Gasteiger partial charge in [0.2, 0.25) is 0 Å². The van der Waals surface area contributed by atoms with Crippen LogP contribution < -0.4 is 0 Å². The molecule has 130 valence electrons. The number of carbonyl (C=O) groups is 2. The van der Waals surface area contributed by atoms with Crippen molar-refractivity contribution < 1.29 is 19.1 Å². The van der Waals surface area contributed by atoms with Crippen LogP contribution in [0.3, 0.4) is 0 Å². The first-order valence-electron chi connectivity index (χ1n) is 8.81. The first kappa shape index (κ1) is 17.0. The zero-order chi connectivity index (χ0) is 17.6. The van der Waals surface area contributed by atoms with Gasteiger partial charge in [0.15, 0.2) is 0 Å². The molecule has 3 fully saturated rings. The van der Waals surface area contributed by atoms with E-state index in [9.17, 15) is 9.59 Å². The molecule has 1 heterocycles. The topological polar surface area (TPSA) is 52.6 Å². The van der Waals surface area contributed by atoms with E-state index in [-0.39, 0.29) is 47.8 Å². The van der Waals surface area contributed by atoms with E-state index >= 15 is 0 Å². The summed E-state index contributed by atoms with van der Waals surface area (Å²) >= 11 is 0. The summed E-state index contributed by atoms with van der Waals surface area (Å²) in [5.41, 5.74) is 2.56. The summed E-state index contributed by atoms with van der Waals surface area (Å²) in [6.07, 6.45) is 2.57. The number of allylic oxidation sites excluding steroid dienone is 1. The highest BCUT2D eigenvalue weighted by Gasteiger charge is 2.53. The third kappa shape index (κ3) is 2.62. The number of ether oxygens (including phenoxy) is 2. The Hall–Kier alpha value is -1.84. The molecular weight excluding hydrogens is 304 g/mol. The largest absolute Gasteiger partial charge is 0.458 e. The summed E-state index contributed by atoms with van der Waals surface area (Å²) in [6, 6.07) is 0. The first-order chi connectivity index (χ1) is 11.3. The van der Waals surface area contributed by atoms with Crippen molar-refractivity contribution in [3.63, 3.8) is 0 Å². The fraction of sp³-hybridized carbons (Fsp3) is 0.600. The number of carbonyl (C=O) groups excluding carboxylic acids is 2. The maximum atomic E-state index is 12.2. The van der Waals surface area contributed by atoms with Gasteiger partial charge >= 0.3 is 11.9 Å². The van der Waals surface area contributed by atoms with Gasteiger partial charge in [-0.25, -0.2) is 4.79 Å². The van der Waals surface area contributed by atoms with Gasteiger partial charge in [-0.15, -0.1) is 0 Å². The van der Waals surface area contributed by atoms with E-state index in [1.165, 1.54) is 0 Å². The Kier molecular flexibility index (Phi) is 4.41. The molecule has 0 spiro atoms. The zero-order valence-electron chi connectivity index (χ0n) is 14.5. The summed E-state index contributed by atoms with van der Waals surface area (Å²) in [5, 5.41) is 0. The minimum atomic E-state index is -0.315. The second-order valence-electron chi connectivity index (χ2n) is 7.38. The Balaban J connectivity index is 1.83. The molecule has 24 heavy (non-hydrogen) atoms. The monoisotopic (exact) mass is 330 g/mol. The van der Waals surface area contributed by atoms with Crippen LogP contribution in [0.4, 0.5) is 0 Å². The van der Waals surface area contributed by atoms with Crippen LogP contribution in [0.15, 0.2) is 36.5 Å². The third-order valence-corrected chi connectivity index (χ3v) is 6.02. The van der Waals surface area contributed by atoms with E-state index in [4.69, 9.17) is 9.47 Å². The van der Waals surface area contributed by atoms with E-state index in [0.717, 1.165) is 30.4 Å². The summed E-state index contributed by atoms with van der Waals surface area (Å²) in [5.74, 6) is -0.462. The molecule has 3 rings (SSSR count). The average Bonchev–Trinajstić information content (AvgIpc) is 2.97. The number of rotatable bonds is 3. The third-order valence-electron chi connectivity index (χ3n) is 6.02. The number of esters is 2. The second kappa shape index (κ2) is 6.23. The Morgan fingerprint density at radius 2 is 2.04 bits per heavy atom. The molecule has 1 aliphatic heterocycles. The lowest BCUT2D eigenvalue weighted by molar-refractivity contribution is -0.151. The smallest absolute Gasteiger partial charge is 0.334 e. The molecule has 0 radical (unpaired) electrons. The van der Waals surface area contributed by atoms with Gasteiger partial charge in [0.25, 0.3) is 0 Å². The fourth-order valence-electron chi connectivity index (χ4n) is 4.23. The van der Waals surface area contributed by atoms with Crippen molar-refractivity contribution in [2.24, 2.45) is 23.7 Å². The number of hydrogen-bond acceptors (Lipinski definition) is 4. The van der Waals surface area contributed by atoms with Gasteiger partial charge < -0.3 is 9.47 Å². The average molecular weight is 330 g/mol. The molecule has 6 atom stereocenters.